The van der Waals surface area contributed by atoms with Crippen LogP contribution in [0.4, 0.5) is 0 Å². The fraction of sp³-hybridized carbons (Fsp3) is 0.779. The average Bonchev–Trinajstić information content (AvgIpc) is 3.39. The molecule has 72 heavy (non-hydrogen) atoms. The van der Waals surface area contributed by atoms with Gasteiger partial charge in [-0.2, -0.15) is 0 Å². The van der Waals surface area contributed by atoms with E-state index in [9.17, 15) is 15.0 Å². The Balaban J connectivity index is 3.49. The average molecular weight is 1000 g/mol. The molecule has 3 N–H and O–H groups in total. The predicted octanol–water partition coefficient (Wildman–Crippen LogP) is 21.5. The Morgan fingerprint density at radius 3 is 0.917 bits per heavy atom. The van der Waals surface area contributed by atoms with Gasteiger partial charge in [0.1, 0.15) is 0 Å². The molecule has 4 heteroatoms. The highest BCUT2D eigenvalue weighted by Gasteiger charge is 2.20. The highest BCUT2D eigenvalue weighted by atomic mass is 16.3. The Morgan fingerprint density at radius 1 is 0.347 bits per heavy atom. The van der Waals surface area contributed by atoms with Crippen molar-refractivity contribution in [1.82, 2.24) is 5.32 Å². The molecule has 0 spiro atoms. The van der Waals surface area contributed by atoms with Crippen LogP contribution in [0, 0.1) is 0 Å². The van der Waals surface area contributed by atoms with E-state index >= 15 is 0 Å². The van der Waals surface area contributed by atoms with E-state index in [0.717, 1.165) is 70.6 Å². The summed E-state index contributed by atoms with van der Waals surface area (Å²) >= 11 is 0. The largest absolute Gasteiger partial charge is 0.394 e. The van der Waals surface area contributed by atoms with E-state index in [-0.39, 0.29) is 12.5 Å². The van der Waals surface area contributed by atoms with Crippen molar-refractivity contribution in [2.24, 2.45) is 0 Å². The van der Waals surface area contributed by atoms with E-state index in [4.69, 9.17) is 0 Å². The molecule has 0 saturated carbocycles. The van der Waals surface area contributed by atoms with Crippen molar-refractivity contribution in [2.75, 3.05) is 6.61 Å². The summed E-state index contributed by atoms with van der Waals surface area (Å²) in [7, 11) is 0. The zero-order valence-electron chi connectivity index (χ0n) is 48.2. The third-order valence-electron chi connectivity index (χ3n) is 14.4. The van der Waals surface area contributed by atoms with E-state index in [0.29, 0.717) is 12.8 Å². The number of amides is 1. The number of aliphatic hydroxyl groups excluding tert-OH is 2. The number of carbonyl (C=O) groups is 1. The van der Waals surface area contributed by atoms with Gasteiger partial charge in [-0.05, 0) is 70.6 Å². The van der Waals surface area contributed by atoms with Gasteiger partial charge in [0.05, 0.1) is 18.8 Å². The van der Waals surface area contributed by atoms with Gasteiger partial charge >= 0.3 is 0 Å². The minimum atomic E-state index is -0.667. The summed E-state index contributed by atoms with van der Waals surface area (Å²) in [6.45, 7) is 4.27. The minimum absolute atomic E-state index is 0.0336. The molecular formula is C68H123NO3. The van der Waals surface area contributed by atoms with Crippen molar-refractivity contribution < 1.29 is 15.0 Å². The van der Waals surface area contributed by atoms with Crippen molar-refractivity contribution in [2.45, 2.75) is 334 Å². The number of unbranched alkanes of at least 4 members (excludes halogenated alkanes) is 37. The van der Waals surface area contributed by atoms with E-state index in [1.54, 1.807) is 0 Å². The first-order chi connectivity index (χ1) is 35.7. The van der Waals surface area contributed by atoms with E-state index in [1.807, 2.05) is 0 Å². The minimum Gasteiger partial charge on any atom is -0.394 e. The van der Waals surface area contributed by atoms with Gasteiger partial charge in [-0.25, -0.2) is 0 Å². The quantitative estimate of drug-likeness (QED) is 0.0420. The maximum atomic E-state index is 12.5. The molecule has 418 valence electrons. The van der Waals surface area contributed by atoms with Gasteiger partial charge in [-0.3, -0.25) is 4.79 Å². The molecule has 0 heterocycles. The molecule has 0 aromatic carbocycles. The number of hydrogen-bond donors (Lipinski definition) is 3. The van der Waals surface area contributed by atoms with Gasteiger partial charge in [0, 0.05) is 6.42 Å². The van der Waals surface area contributed by atoms with Crippen LogP contribution in [0.2, 0.25) is 0 Å². The molecule has 0 rings (SSSR count). The topological polar surface area (TPSA) is 69.6 Å². The van der Waals surface area contributed by atoms with Crippen molar-refractivity contribution >= 4 is 5.91 Å². The molecule has 4 nitrogen and oxygen atoms in total. The summed E-state index contributed by atoms with van der Waals surface area (Å²) in [5.41, 5.74) is 0. The Morgan fingerprint density at radius 2 is 0.611 bits per heavy atom. The van der Waals surface area contributed by atoms with Gasteiger partial charge in [0.2, 0.25) is 5.91 Å². The molecule has 0 aromatic rings. The maximum Gasteiger partial charge on any atom is 0.220 e. The smallest absolute Gasteiger partial charge is 0.220 e. The zero-order chi connectivity index (χ0) is 52.0. The Hall–Kier alpha value is -2.43. The predicted molar refractivity (Wildman–Crippen MR) is 322 cm³/mol. The summed E-state index contributed by atoms with van der Waals surface area (Å²) in [6.07, 6.45) is 91.7. The van der Waals surface area contributed by atoms with Crippen LogP contribution in [0.15, 0.2) is 85.1 Å². The van der Waals surface area contributed by atoms with Crippen molar-refractivity contribution in [1.29, 1.82) is 0 Å². The molecule has 0 aliphatic carbocycles. The van der Waals surface area contributed by atoms with Crippen LogP contribution in [0.1, 0.15) is 322 Å². The fourth-order valence-corrected chi connectivity index (χ4v) is 9.64. The molecule has 0 radical (unpaired) electrons. The van der Waals surface area contributed by atoms with E-state index < -0.39 is 12.1 Å². The van der Waals surface area contributed by atoms with Crippen LogP contribution in [-0.2, 0) is 4.79 Å². The number of allylic oxidation sites excluding steroid dienone is 14. The SMILES string of the molecule is CC/C=C\C/C=C\C/C=C\C/C=C\C/C=C\C/C=C\C/C=C\CCCCCCCCCCCCCC(=O)NC(CO)C(O)CCCCCCCCCCCCCCCCCCCCCCCCCCCCC. The normalized spacial score (nSPS) is 13.3. The summed E-state index contributed by atoms with van der Waals surface area (Å²) in [5.74, 6) is -0.0336. The van der Waals surface area contributed by atoms with Gasteiger partial charge in [0.25, 0.3) is 0 Å². The summed E-state index contributed by atoms with van der Waals surface area (Å²) in [4.78, 5) is 12.5. The molecule has 0 bridgehead atoms. The van der Waals surface area contributed by atoms with Crippen LogP contribution in [0.3, 0.4) is 0 Å². The molecule has 0 saturated heterocycles. The van der Waals surface area contributed by atoms with Crippen molar-refractivity contribution in [3.05, 3.63) is 85.1 Å². The summed E-state index contributed by atoms with van der Waals surface area (Å²) in [6, 6.07) is -0.544. The second-order valence-electron chi connectivity index (χ2n) is 21.5. The second-order valence-corrected chi connectivity index (χ2v) is 21.5. The number of rotatable bonds is 58. The highest BCUT2D eigenvalue weighted by Crippen LogP contribution is 2.18. The monoisotopic (exact) mass is 1000 g/mol. The number of nitrogens with one attached hydrogen (secondary N) is 1. The Bertz CT molecular complexity index is 1270. The lowest BCUT2D eigenvalue weighted by Crippen LogP contribution is -2.45. The maximum absolute atomic E-state index is 12.5. The van der Waals surface area contributed by atoms with Gasteiger partial charge in [-0.1, -0.05) is 330 Å². The van der Waals surface area contributed by atoms with Crippen LogP contribution in [0.25, 0.3) is 0 Å². The van der Waals surface area contributed by atoms with Crippen LogP contribution < -0.4 is 5.32 Å². The molecule has 0 aromatic heterocycles. The third kappa shape index (κ3) is 58.5. The first kappa shape index (κ1) is 69.6. The van der Waals surface area contributed by atoms with Gasteiger partial charge in [0.15, 0.2) is 0 Å². The standard InChI is InChI=1S/C68H123NO3/c1-3-5-7-9-11-13-15-17-19-21-23-25-27-29-31-32-33-34-35-36-38-40-42-44-46-48-50-52-54-56-58-60-62-64-68(72)69-66(65-70)67(71)63-61-59-57-55-53-51-49-47-45-43-41-39-37-30-28-26-24-22-20-18-16-14-12-10-8-6-4-2/h5,7,11,13,17,19,23,25,29,31,33-34,36,38,66-67,70-71H,3-4,6,8-10,12,14-16,18,20-22,24,26-28,30,32,35,37,39-65H2,1-2H3,(H,69,72)/b7-5-,13-11-,19-17-,25-23-,31-29-,34-33-,38-36-. The van der Waals surface area contributed by atoms with Crippen LogP contribution in [0.5, 0.6) is 0 Å². The Kier molecular flexibility index (Phi) is 60.7. The Labute approximate surface area is 450 Å². The van der Waals surface area contributed by atoms with Crippen molar-refractivity contribution in [3.63, 3.8) is 0 Å². The molecule has 0 aliphatic heterocycles. The summed E-state index contributed by atoms with van der Waals surface area (Å²) < 4.78 is 0. The molecule has 2 atom stereocenters. The first-order valence-electron chi connectivity index (χ1n) is 31.8. The van der Waals surface area contributed by atoms with Gasteiger partial charge < -0.3 is 15.5 Å². The fourth-order valence-electron chi connectivity index (χ4n) is 9.64. The van der Waals surface area contributed by atoms with Crippen LogP contribution >= 0.6 is 0 Å². The van der Waals surface area contributed by atoms with Crippen LogP contribution in [-0.4, -0.2) is 34.9 Å². The lowest BCUT2D eigenvalue weighted by molar-refractivity contribution is -0.123. The lowest BCUT2D eigenvalue weighted by atomic mass is 10.0. The van der Waals surface area contributed by atoms with Crippen molar-refractivity contribution in [3.8, 4) is 0 Å². The highest BCUT2D eigenvalue weighted by molar-refractivity contribution is 5.76. The second kappa shape index (κ2) is 62.9. The van der Waals surface area contributed by atoms with E-state index in [1.165, 1.54) is 225 Å². The molecule has 1 amide bonds. The van der Waals surface area contributed by atoms with E-state index in [2.05, 4.69) is 104 Å². The number of hydrogen-bond acceptors (Lipinski definition) is 3. The summed E-state index contributed by atoms with van der Waals surface area (Å²) in [5, 5.41) is 23.4. The molecule has 0 aliphatic rings. The zero-order valence-corrected chi connectivity index (χ0v) is 48.2. The molecular weight excluding hydrogens is 879 g/mol. The first-order valence-corrected chi connectivity index (χ1v) is 31.8. The number of aliphatic hydroxyl groups is 2. The third-order valence-corrected chi connectivity index (χ3v) is 14.4. The molecule has 2 unspecified atom stereocenters. The lowest BCUT2D eigenvalue weighted by Gasteiger charge is -2.22. The number of carbonyl (C=O) groups excluding carboxylic acids is 1. The van der Waals surface area contributed by atoms with Gasteiger partial charge in [-0.15, -0.1) is 0 Å². The molecule has 0 fully saturated rings.